The molecule has 0 spiro atoms. The summed E-state index contributed by atoms with van der Waals surface area (Å²) in [6.07, 6.45) is 3.12. The largest absolute Gasteiger partial charge is 0.463 e. The van der Waals surface area contributed by atoms with Gasteiger partial charge in [-0.15, -0.1) is 0 Å². The fourth-order valence-corrected chi connectivity index (χ4v) is 2.00. The molecule has 3 rings (SSSR count). The molecule has 0 atom stereocenters. The van der Waals surface area contributed by atoms with Gasteiger partial charge in [0, 0.05) is 6.20 Å². The quantitative estimate of drug-likeness (QED) is 0.665. The first-order valence-electron chi connectivity index (χ1n) is 6.75. The zero-order valence-electron chi connectivity index (χ0n) is 12.1. The predicted molar refractivity (Wildman–Crippen MR) is 74.0 cm³/mol. The Morgan fingerprint density at radius 3 is 2.91 bits per heavy atom. The van der Waals surface area contributed by atoms with Gasteiger partial charge in [0.25, 0.3) is 0 Å². The maximum Gasteiger partial charge on any atom is 0.342 e. The van der Waals surface area contributed by atoms with E-state index < -0.39 is 5.97 Å². The Morgan fingerprint density at radius 2 is 2.27 bits per heavy atom. The second-order valence-corrected chi connectivity index (χ2v) is 4.58. The highest BCUT2D eigenvalue weighted by molar-refractivity contribution is 5.95. The van der Waals surface area contributed by atoms with Crippen molar-refractivity contribution in [1.29, 1.82) is 0 Å². The van der Waals surface area contributed by atoms with Gasteiger partial charge in [-0.1, -0.05) is 10.3 Å². The number of hydrogen-bond donors (Lipinski definition) is 0. The maximum absolute atomic E-state index is 12.1. The number of carbonyl (C=O) groups is 1. The molecule has 3 aromatic rings. The topological polar surface area (TPSA) is 96.2 Å². The zero-order chi connectivity index (χ0) is 15.5. The molecular weight excluding hydrogens is 288 g/mol. The molecular formula is C14H14N4O4. The minimum atomic E-state index is -0.449. The number of nitrogens with zero attached hydrogens (tertiary/aromatic N) is 4. The van der Waals surface area contributed by atoms with Crippen LogP contribution in [0.15, 0.2) is 33.6 Å². The summed E-state index contributed by atoms with van der Waals surface area (Å²) in [5.41, 5.74) is 2.08. The molecule has 22 heavy (non-hydrogen) atoms. The SMILES string of the molecule is CCOC(=O)c1cn(Cc2nonc2C)nc1-c1ccco1. The van der Waals surface area contributed by atoms with E-state index in [9.17, 15) is 4.79 Å². The van der Waals surface area contributed by atoms with Crippen LogP contribution in [0, 0.1) is 6.92 Å². The van der Waals surface area contributed by atoms with Crippen LogP contribution in [0.25, 0.3) is 11.5 Å². The van der Waals surface area contributed by atoms with Crippen molar-refractivity contribution in [2.45, 2.75) is 20.4 Å². The molecule has 114 valence electrons. The van der Waals surface area contributed by atoms with Gasteiger partial charge in [0.1, 0.15) is 22.6 Å². The maximum atomic E-state index is 12.1. The number of hydrogen-bond acceptors (Lipinski definition) is 7. The van der Waals surface area contributed by atoms with Crippen LogP contribution >= 0.6 is 0 Å². The average Bonchev–Trinajstić information content (AvgIpc) is 3.21. The Bertz CT molecular complexity index is 773. The second-order valence-electron chi connectivity index (χ2n) is 4.58. The number of rotatable bonds is 5. The van der Waals surface area contributed by atoms with Gasteiger partial charge < -0.3 is 9.15 Å². The van der Waals surface area contributed by atoms with Gasteiger partial charge in [-0.25, -0.2) is 9.42 Å². The fraction of sp³-hybridized carbons (Fsp3) is 0.286. The molecule has 0 unspecified atom stereocenters. The van der Waals surface area contributed by atoms with Crippen LogP contribution in [0.5, 0.6) is 0 Å². The summed E-state index contributed by atoms with van der Waals surface area (Å²) in [5, 5.41) is 11.9. The van der Waals surface area contributed by atoms with E-state index in [1.165, 1.54) is 6.26 Å². The van der Waals surface area contributed by atoms with Crippen LogP contribution in [0.4, 0.5) is 0 Å². The smallest absolute Gasteiger partial charge is 0.342 e. The van der Waals surface area contributed by atoms with Gasteiger partial charge in [-0.3, -0.25) is 4.68 Å². The van der Waals surface area contributed by atoms with Crippen molar-refractivity contribution in [3.05, 3.63) is 41.5 Å². The Labute approximate surface area is 125 Å². The van der Waals surface area contributed by atoms with Gasteiger partial charge >= 0.3 is 5.97 Å². The van der Waals surface area contributed by atoms with Crippen LogP contribution < -0.4 is 0 Å². The highest BCUT2D eigenvalue weighted by Crippen LogP contribution is 2.23. The third-order valence-corrected chi connectivity index (χ3v) is 3.07. The molecule has 0 saturated heterocycles. The second kappa shape index (κ2) is 5.84. The van der Waals surface area contributed by atoms with Gasteiger partial charge in [-0.2, -0.15) is 5.10 Å². The lowest BCUT2D eigenvalue weighted by molar-refractivity contribution is 0.0527. The van der Waals surface area contributed by atoms with Crippen LogP contribution in [-0.2, 0) is 11.3 Å². The number of furan rings is 1. The lowest BCUT2D eigenvalue weighted by Crippen LogP contribution is -2.05. The molecule has 0 aliphatic heterocycles. The monoisotopic (exact) mass is 302 g/mol. The number of esters is 1. The zero-order valence-corrected chi connectivity index (χ0v) is 12.1. The third-order valence-electron chi connectivity index (χ3n) is 3.07. The van der Waals surface area contributed by atoms with E-state index >= 15 is 0 Å². The van der Waals surface area contributed by atoms with E-state index in [0.717, 1.165) is 0 Å². The molecule has 0 aliphatic carbocycles. The molecule has 8 nitrogen and oxygen atoms in total. The number of carbonyl (C=O) groups excluding carboxylic acids is 1. The Hall–Kier alpha value is -2.90. The van der Waals surface area contributed by atoms with Crippen LogP contribution in [0.1, 0.15) is 28.7 Å². The van der Waals surface area contributed by atoms with Crippen molar-refractivity contribution in [3.63, 3.8) is 0 Å². The highest BCUT2D eigenvalue weighted by Gasteiger charge is 2.21. The highest BCUT2D eigenvalue weighted by atomic mass is 16.6. The molecule has 3 heterocycles. The van der Waals surface area contributed by atoms with Crippen molar-refractivity contribution in [2.24, 2.45) is 0 Å². The predicted octanol–water partition coefficient (Wildman–Crippen LogP) is 2.06. The molecule has 0 fully saturated rings. The van der Waals surface area contributed by atoms with E-state index in [1.807, 2.05) is 0 Å². The normalized spacial score (nSPS) is 10.8. The van der Waals surface area contributed by atoms with Crippen molar-refractivity contribution < 1.29 is 18.6 Å². The molecule has 0 saturated carbocycles. The van der Waals surface area contributed by atoms with Gasteiger partial charge in [-0.05, 0) is 26.0 Å². The summed E-state index contributed by atoms with van der Waals surface area (Å²) < 4.78 is 16.6. The van der Waals surface area contributed by atoms with E-state index in [4.69, 9.17) is 9.15 Å². The summed E-state index contributed by atoms with van der Waals surface area (Å²) in [6, 6.07) is 3.47. The fourth-order valence-electron chi connectivity index (χ4n) is 2.00. The van der Waals surface area contributed by atoms with Gasteiger partial charge in [0.05, 0.1) is 19.4 Å². The molecule has 3 aromatic heterocycles. The summed E-state index contributed by atoms with van der Waals surface area (Å²) in [5.74, 6) is 0.0481. The van der Waals surface area contributed by atoms with Gasteiger partial charge in [0.15, 0.2) is 5.76 Å². The lowest BCUT2D eigenvalue weighted by atomic mass is 10.2. The van der Waals surface area contributed by atoms with Crippen molar-refractivity contribution in [3.8, 4) is 11.5 Å². The first-order chi connectivity index (χ1) is 10.7. The molecule has 0 N–H and O–H groups in total. The third kappa shape index (κ3) is 2.62. The van der Waals surface area contributed by atoms with Crippen LogP contribution in [0.2, 0.25) is 0 Å². The summed E-state index contributed by atoms with van der Waals surface area (Å²) >= 11 is 0. The number of aromatic nitrogens is 4. The molecule has 0 amide bonds. The minimum absolute atomic E-state index is 0.286. The van der Waals surface area contributed by atoms with E-state index in [-0.39, 0.29) is 6.61 Å². The van der Waals surface area contributed by atoms with Crippen molar-refractivity contribution in [1.82, 2.24) is 20.1 Å². The molecule has 0 aliphatic rings. The number of ether oxygens (including phenoxy) is 1. The van der Waals surface area contributed by atoms with Crippen LogP contribution in [0.3, 0.4) is 0 Å². The van der Waals surface area contributed by atoms with E-state index in [0.29, 0.717) is 35.0 Å². The van der Waals surface area contributed by atoms with E-state index in [2.05, 4.69) is 20.0 Å². The van der Waals surface area contributed by atoms with E-state index in [1.54, 1.807) is 36.9 Å². The lowest BCUT2D eigenvalue weighted by Gasteiger charge is -1.99. The Kier molecular flexibility index (Phi) is 3.73. The molecule has 0 bridgehead atoms. The molecule has 8 heteroatoms. The first-order valence-corrected chi connectivity index (χ1v) is 6.75. The molecule has 0 aromatic carbocycles. The summed E-state index contributed by atoms with van der Waals surface area (Å²) in [7, 11) is 0. The minimum Gasteiger partial charge on any atom is -0.463 e. The van der Waals surface area contributed by atoms with Crippen molar-refractivity contribution in [2.75, 3.05) is 6.61 Å². The summed E-state index contributed by atoms with van der Waals surface area (Å²) in [4.78, 5) is 12.1. The Balaban J connectivity index is 1.97. The van der Waals surface area contributed by atoms with Gasteiger partial charge in [0.2, 0.25) is 0 Å². The Morgan fingerprint density at radius 1 is 1.41 bits per heavy atom. The molecule has 0 radical (unpaired) electrons. The van der Waals surface area contributed by atoms with Crippen molar-refractivity contribution >= 4 is 5.97 Å². The average molecular weight is 302 g/mol. The number of aryl methyl sites for hydroxylation is 1. The first kappa shape index (κ1) is 14.1. The van der Waals surface area contributed by atoms with Crippen LogP contribution in [-0.4, -0.2) is 32.7 Å². The standard InChI is InChI=1S/C14H14N4O4/c1-3-20-14(19)10-7-18(8-11-9(2)16-22-17-11)15-13(10)12-5-4-6-21-12/h4-7H,3,8H2,1-2H3. The summed E-state index contributed by atoms with van der Waals surface area (Å²) in [6.45, 7) is 4.16.